The van der Waals surface area contributed by atoms with Gasteiger partial charge in [-0.2, -0.15) is 0 Å². The first-order chi connectivity index (χ1) is 14.3. The molecule has 0 radical (unpaired) electrons. The summed E-state index contributed by atoms with van der Waals surface area (Å²) in [5.41, 5.74) is 1.21. The van der Waals surface area contributed by atoms with Crippen LogP contribution in [-0.4, -0.2) is 61.7 Å². The summed E-state index contributed by atoms with van der Waals surface area (Å²) in [6.45, 7) is 2.92. The van der Waals surface area contributed by atoms with E-state index in [9.17, 15) is 4.79 Å². The lowest BCUT2D eigenvalue weighted by Gasteiger charge is -2.33. The lowest BCUT2D eigenvalue weighted by molar-refractivity contribution is -0.155. The molecule has 1 saturated heterocycles. The van der Waals surface area contributed by atoms with Gasteiger partial charge in [0, 0.05) is 36.7 Å². The number of carbonyl (C=O) groups excluding carboxylic acids is 1. The summed E-state index contributed by atoms with van der Waals surface area (Å²) in [6.07, 6.45) is 3.61. The summed E-state index contributed by atoms with van der Waals surface area (Å²) >= 11 is 1.72. The van der Waals surface area contributed by atoms with Gasteiger partial charge in [-0.3, -0.25) is 4.79 Å². The number of benzene rings is 1. The van der Waals surface area contributed by atoms with E-state index < -0.39 is 6.29 Å². The van der Waals surface area contributed by atoms with E-state index in [4.69, 9.17) is 19.3 Å². The van der Waals surface area contributed by atoms with Crippen LogP contribution in [0.3, 0.4) is 0 Å². The van der Waals surface area contributed by atoms with E-state index in [-0.39, 0.29) is 18.4 Å². The molecule has 2 aromatic rings. The Morgan fingerprint density at radius 2 is 2.07 bits per heavy atom. The molecular formula is C22H27NO5S. The highest BCUT2D eigenvalue weighted by atomic mass is 32.1. The van der Waals surface area contributed by atoms with Gasteiger partial charge in [0.25, 0.3) is 5.91 Å². The van der Waals surface area contributed by atoms with E-state index >= 15 is 0 Å². The molecule has 2 atom stereocenters. The van der Waals surface area contributed by atoms with Gasteiger partial charge in [0.1, 0.15) is 0 Å². The standard InChI is InChI=1S/C22H27NO5S/c24-9-3-4-10-27-21-14-16(18-15-29-20-6-2-1-5-17(18)20)13-19(28-21)22(25)23-7-11-26-12-8-23/h1-2,5-6,13,15-16,21,24H,3-4,7-12,14H2/t16-,21+/m0/s1. The summed E-state index contributed by atoms with van der Waals surface area (Å²) in [5, 5.41) is 12.4. The SMILES string of the molecule is O=C(C1=C[C@H](c2csc3ccccc23)C[C@H](OCCCCO)O1)N1CCOCC1. The summed E-state index contributed by atoms with van der Waals surface area (Å²) in [4.78, 5) is 14.8. The molecule has 0 saturated carbocycles. The molecule has 0 unspecified atom stereocenters. The van der Waals surface area contributed by atoms with E-state index in [0.717, 1.165) is 6.42 Å². The molecule has 0 bridgehead atoms. The van der Waals surface area contributed by atoms with Crippen molar-refractivity contribution in [3.05, 3.63) is 47.0 Å². The largest absolute Gasteiger partial charge is 0.459 e. The Kier molecular flexibility index (Phi) is 6.82. The quantitative estimate of drug-likeness (QED) is 0.701. The van der Waals surface area contributed by atoms with E-state index in [1.165, 1.54) is 15.6 Å². The lowest BCUT2D eigenvalue weighted by Crippen LogP contribution is -2.43. The summed E-state index contributed by atoms with van der Waals surface area (Å²) < 4.78 is 18.5. The van der Waals surface area contributed by atoms with Gasteiger partial charge in [0.2, 0.25) is 6.29 Å². The normalized spacial score (nSPS) is 22.4. The highest BCUT2D eigenvalue weighted by Gasteiger charge is 2.32. The number of aliphatic hydroxyl groups excluding tert-OH is 1. The predicted molar refractivity (Wildman–Crippen MR) is 112 cm³/mol. The number of aliphatic hydroxyl groups is 1. The van der Waals surface area contributed by atoms with Crippen molar-refractivity contribution in [3.63, 3.8) is 0 Å². The van der Waals surface area contributed by atoms with Crippen molar-refractivity contribution in [1.82, 2.24) is 4.90 Å². The molecular weight excluding hydrogens is 390 g/mol. The molecule has 0 spiro atoms. The molecule has 156 valence electrons. The number of hydrogen-bond acceptors (Lipinski definition) is 6. The Morgan fingerprint density at radius 1 is 1.24 bits per heavy atom. The van der Waals surface area contributed by atoms with Crippen LogP contribution in [0.25, 0.3) is 10.1 Å². The van der Waals surface area contributed by atoms with Crippen LogP contribution in [0.2, 0.25) is 0 Å². The number of thiophene rings is 1. The molecule has 29 heavy (non-hydrogen) atoms. The number of carbonyl (C=O) groups is 1. The topological polar surface area (TPSA) is 68.2 Å². The first-order valence-electron chi connectivity index (χ1n) is 10.2. The number of morpholine rings is 1. The second-order valence-corrected chi connectivity index (χ2v) is 8.23. The molecule has 1 aromatic heterocycles. The predicted octanol–water partition coefficient (Wildman–Crippen LogP) is 3.26. The third-order valence-corrected chi connectivity index (χ3v) is 6.31. The van der Waals surface area contributed by atoms with Gasteiger partial charge in [-0.15, -0.1) is 11.3 Å². The number of rotatable bonds is 7. The fraction of sp³-hybridized carbons (Fsp3) is 0.500. The second kappa shape index (κ2) is 9.71. The van der Waals surface area contributed by atoms with Crippen molar-refractivity contribution >= 4 is 27.3 Å². The minimum absolute atomic E-state index is 0.0581. The smallest absolute Gasteiger partial charge is 0.288 e. The number of unbranched alkanes of at least 4 members (excludes halogenated alkanes) is 1. The third kappa shape index (κ3) is 4.80. The van der Waals surface area contributed by atoms with Crippen LogP contribution in [0.4, 0.5) is 0 Å². The second-order valence-electron chi connectivity index (χ2n) is 7.31. The Hall–Kier alpha value is -1.93. The van der Waals surface area contributed by atoms with Crippen molar-refractivity contribution < 1.29 is 24.1 Å². The van der Waals surface area contributed by atoms with E-state index in [1.807, 2.05) is 18.2 Å². The Balaban J connectivity index is 1.56. The number of amides is 1. The fourth-order valence-electron chi connectivity index (χ4n) is 3.76. The number of allylic oxidation sites excluding steroid dienone is 1. The summed E-state index contributed by atoms with van der Waals surface area (Å²) in [5.74, 6) is 0.329. The molecule has 1 aromatic carbocycles. The van der Waals surface area contributed by atoms with Crippen LogP contribution >= 0.6 is 11.3 Å². The van der Waals surface area contributed by atoms with Crippen LogP contribution in [0, 0.1) is 0 Å². The average molecular weight is 418 g/mol. The average Bonchev–Trinajstić information content (AvgIpc) is 3.21. The zero-order valence-electron chi connectivity index (χ0n) is 16.4. The lowest BCUT2D eigenvalue weighted by atomic mass is 9.92. The van der Waals surface area contributed by atoms with Crippen LogP contribution in [0.5, 0.6) is 0 Å². The molecule has 1 N–H and O–H groups in total. The van der Waals surface area contributed by atoms with Crippen LogP contribution in [0.15, 0.2) is 41.5 Å². The van der Waals surface area contributed by atoms with Crippen LogP contribution in [-0.2, 0) is 19.0 Å². The number of nitrogens with zero attached hydrogens (tertiary/aromatic N) is 1. The molecule has 7 heteroatoms. The van der Waals surface area contributed by atoms with Crippen molar-refractivity contribution in [2.45, 2.75) is 31.5 Å². The number of fused-ring (bicyclic) bond motifs is 1. The fourth-order valence-corrected chi connectivity index (χ4v) is 4.79. The van der Waals surface area contributed by atoms with Crippen molar-refractivity contribution in [2.24, 2.45) is 0 Å². The number of hydrogen-bond donors (Lipinski definition) is 1. The molecule has 1 amide bonds. The Labute approximate surface area is 174 Å². The maximum Gasteiger partial charge on any atom is 0.288 e. The molecule has 0 aliphatic carbocycles. The molecule has 2 aliphatic rings. The Bertz CT molecular complexity index is 858. The summed E-state index contributed by atoms with van der Waals surface area (Å²) in [7, 11) is 0. The van der Waals surface area contributed by atoms with Gasteiger partial charge in [0.15, 0.2) is 5.76 Å². The highest BCUT2D eigenvalue weighted by Crippen LogP contribution is 2.38. The van der Waals surface area contributed by atoms with E-state index in [2.05, 4.69) is 17.5 Å². The maximum absolute atomic E-state index is 13.0. The Morgan fingerprint density at radius 3 is 2.90 bits per heavy atom. The van der Waals surface area contributed by atoms with Crippen molar-refractivity contribution in [3.8, 4) is 0 Å². The summed E-state index contributed by atoms with van der Waals surface area (Å²) in [6, 6.07) is 8.34. The monoisotopic (exact) mass is 417 g/mol. The number of ether oxygens (including phenoxy) is 3. The van der Waals surface area contributed by atoms with E-state index in [0.29, 0.717) is 51.5 Å². The zero-order chi connectivity index (χ0) is 20.1. The van der Waals surface area contributed by atoms with Crippen LogP contribution in [0.1, 0.15) is 30.7 Å². The van der Waals surface area contributed by atoms with Gasteiger partial charge in [0.05, 0.1) is 19.8 Å². The van der Waals surface area contributed by atoms with Gasteiger partial charge >= 0.3 is 0 Å². The minimum atomic E-state index is -0.470. The van der Waals surface area contributed by atoms with Gasteiger partial charge in [-0.25, -0.2) is 0 Å². The molecule has 2 aliphatic heterocycles. The van der Waals surface area contributed by atoms with Crippen molar-refractivity contribution in [1.29, 1.82) is 0 Å². The molecule has 3 heterocycles. The maximum atomic E-state index is 13.0. The third-order valence-electron chi connectivity index (χ3n) is 5.33. The first kappa shape index (κ1) is 20.3. The first-order valence-corrected chi connectivity index (χ1v) is 11.1. The van der Waals surface area contributed by atoms with Gasteiger partial charge in [-0.05, 0) is 41.3 Å². The van der Waals surface area contributed by atoms with Crippen molar-refractivity contribution in [2.75, 3.05) is 39.5 Å². The van der Waals surface area contributed by atoms with Crippen LogP contribution < -0.4 is 0 Å². The minimum Gasteiger partial charge on any atom is -0.459 e. The zero-order valence-corrected chi connectivity index (χ0v) is 17.2. The molecule has 1 fully saturated rings. The molecule has 4 rings (SSSR count). The van der Waals surface area contributed by atoms with Gasteiger partial charge in [-0.1, -0.05) is 18.2 Å². The van der Waals surface area contributed by atoms with Gasteiger partial charge < -0.3 is 24.2 Å². The molecule has 6 nitrogen and oxygen atoms in total. The highest BCUT2D eigenvalue weighted by molar-refractivity contribution is 7.17. The van der Waals surface area contributed by atoms with E-state index in [1.54, 1.807) is 16.2 Å².